The van der Waals surface area contributed by atoms with E-state index in [4.69, 9.17) is 4.74 Å². The standard InChI is InChI=1S/C22H21FN6O2/c1-31-19-10-14(28-9-7-15(30)13-28)5-6-17(19)26-22-25-11-16(23)21(27-22)18-12-24-20-4-2-3-8-29(18)20/h2-6,8,10-12,15,30H,7,9,13H2,1H3,(H,25,26,27)/t15-/m1/s1. The van der Waals surface area contributed by atoms with Gasteiger partial charge < -0.3 is 20.1 Å². The predicted molar refractivity (Wildman–Crippen MR) is 115 cm³/mol. The molecule has 0 aliphatic carbocycles. The van der Waals surface area contributed by atoms with Gasteiger partial charge >= 0.3 is 0 Å². The number of imidazole rings is 1. The minimum absolute atomic E-state index is 0.151. The van der Waals surface area contributed by atoms with Gasteiger partial charge in [0, 0.05) is 31.0 Å². The molecule has 1 saturated heterocycles. The van der Waals surface area contributed by atoms with Gasteiger partial charge in [-0.05, 0) is 30.7 Å². The highest BCUT2D eigenvalue weighted by molar-refractivity contribution is 5.69. The summed E-state index contributed by atoms with van der Waals surface area (Å²) < 4.78 is 21.9. The lowest BCUT2D eigenvalue weighted by molar-refractivity contribution is 0.198. The molecule has 0 amide bonds. The third-order valence-corrected chi connectivity index (χ3v) is 5.36. The molecule has 0 unspecified atom stereocenters. The van der Waals surface area contributed by atoms with Crippen molar-refractivity contribution in [1.82, 2.24) is 19.4 Å². The highest BCUT2D eigenvalue weighted by atomic mass is 19.1. The number of hydrogen-bond donors (Lipinski definition) is 2. The second-order valence-electron chi connectivity index (χ2n) is 7.36. The van der Waals surface area contributed by atoms with Crippen molar-refractivity contribution < 1.29 is 14.2 Å². The van der Waals surface area contributed by atoms with Crippen molar-refractivity contribution in [2.24, 2.45) is 0 Å². The van der Waals surface area contributed by atoms with Crippen LogP contribution in [-0.4, -0.2) is 50.8 Å². The van der Waals surface area contributed by atoms with Crippen molar-refractivity contribution in [3.05, 3.63) is 60.8 Å². The van der Waals surface area contributed by atoms with Gasteiger partial charge in [0.25, 0.3) is 0 Å². The highest BCUT2D eigenvalue weighted by Gasteiger charge is 2.21. The zero-order valence-corrected chi connectivity index (χ0v) is 16.9. The molecule has 0 saturated carbocycles. The summed E-state index contributed by atoms with van der Waals surface area (Å²) in [4.78, 5) is 14.9. The second kappa shape index (κ2) is 7.84. The molecule has 5 rings (SSSR count). The van der Waals surface area contributed by atoms with Gasteiger partial charge in [-0.15, -0.1) is 0 Å². The van der Waals surface area contributed by atoms with Crippen LogP contribution in [0, 0.1) is 5.82 Å². The van der Waals surface area contributed by atoms with Gasteiger partial charge in [0.1, 0.15) is 17.1 Å². The molecule has 1 aliphatic rings. The summed E-state index contributed by atoms with van der Waals surface area (Å²) in [5.41, 5.74) is 3.01. The lowest BCUT2D eigenvalue weighted by atomic mass is 10.2. The number of aliphatic hydroxyl groups excluding tert-OH is 1. The van der Waals surface area contributed by atoms with E-state index in [2.05, 4.69) is 25.2 Å². The third-order valence-electron chi connectivity index (χ3n) is 5.36. The topological polar surface area (TPSA) is 87.8 Å². The lowest BCUT2D eigenvalue weighted by Gasteiger charge is -2.20. The van der Waals surface area contributed by atoms with E-state index in [-0.39, 0.29) is 17.7 Å². The molecular formula is C22H21FN6O2. The van der Waals surface area contributed by atoms with Gasteiger partial charge in [0.2, 0.25) is 5.95 Å². The molecule has 2 N–H and O–H groups in total. The van der Waals surface area contributed by atoms with Gasteiger partial charge in [-0.3, -0.25) is 4.40 Å². The summed E-state index contributed by atoms with van der Waals surface area (Å²) in [6, 6.07) is 11.3. The fourth-order valence-electron chi connectivity index (χ4n) is 3.79. The summed E-state index contributed by atoms with van der Waals surface area (Å²) in [6.07, 6.45) is 4.97. The van der Waals surface area contributed by atoms with E-state index in [0.29, 0.717) is 29.3 Å². The molecule has 1 aromatic carbocycles. The number of benzene rings is 1. The Morgan fingerprint density at radius 1 is 1.19 bits per heavy atom. The van der Waals surface area contributed by atoms with Crippen molar-refractivity contribution in [2.75, 3.05) is 30.4 Å². The quantitative estimate of drug-likeness (QED) is 0.512. The van der Waals surface area contributed by atoms with Gasteiger partial charge in [-0.25, -0.2) is 19.3 Å². The van der Waals surface area contributed by atoms with Crippen LogP contribution in [0.5, 0.6) is 5.75 Å². The number of anilines is 3. The zero-order chi connectivity index (χ0) is 21.4. The summed E-state index contributed by atoms with van der Waals surface area (Å²) in [5.74, 6) is 0.305. The van der Waals surface area contributed by atoms with Gasteiger partial charge in [-0.2, -0.15) is 0 Å². The van der Waals surface area contributed by atoms with Crippen molar-refractivity contribution >= 4 is 23.0 Å². The number of hydrogen-bond acceptors (Lipinski definition) is 7. The first kappa shape index (κ1) is 19.3. The van der Waals surface area contributed by atoms with Crippen LogP contribution in [0.1, 0.15) is 6.42 Å². The molecule has 4 heterocycles. The van der Waals surface area contributed by atoms with E-state index < -0.39 is 5.82 Å². The van der Waals surface area contributed by atoms with Crippen LogP contribution in [0.15, 0.2) is 55.0 Å². The predicted octanol–water partition coefficient (Wildman–Crippen LogP) is 3.25. The normalized spacial score (nSPS) is 16.1. The monoisotopic (exact) mass is 420 g/mol. The first-order valence-corrected chi connectivity index (χ1v) is 9.95. The van der Waals surface area contributed by atoms with E-state index in [9.17, 15) is 9.50 Å². The van der Waals surface area contributed by atoms with Gasteiger partial charge in [0.05, 0.1) is 37.0 Å². The molecule has 0 bridgehead atoms. The smallest absolute Gasteiger partial charge is 0.228 e. The average Bonchev–Trinajstić information content (AvgIpc) is 3.42. The number of rotatable bonds is 5. The Hall–Kier alpha value is -3.72. The van der Waals surface area contributed by atoms with Crippen molar-refractivity contribution in [2.45, 2.75) is 12.5 Å². The maximum absolute atomic E-state index is 14.6. The summed E-state index contributed by atoms with van der Waals surface area (Å²) in [6.45, 7) is 1.39. The molecule has 9 heteroatoms. The number of aromatic nitrogens is 4. The number of β-amino-alcohol motifs (C(OH)–C–C–N with tert-alkyl or cyclic N) is 1. The van der Waals surface area contributed by atoms with E-state index in [1.54, 1.807) is 17.7 Å². The molecule has 31 heavy (non-hydrogen) atoms. The van der Waals surface area contributed by atoms with Gasteiger partial charge in [0.15, 0.2) is 5.82 Å². The second-order valence-corrected chi connectivity index (χ2v) is 7.36. The van der Waals surface area contributed by atoms with E-state index >= 15 is 0 Å². The maximum atomic E-state index is 14.6. The fraction of sp³-hybridized carbons (Fsp3) is 0.227. The first-order chi connectivity index (χ1) is 15.1. The van der Waals surface area contributed by atoms with Crippen LogP contribution in [0.25, 0.3) is 17.0 Å². The van der Waals surface area contributed by atoms with E-state index in [0.717, 1.165) is 24.8 Å². The molecule has 3 aromatic heterocycles. The number of aliphatic hydroxyl groups is 1. The molecule has 0 spiro atoms. The van der Waals surface area contributed by atoms with Gasteiger partial charge in [-0.1, -0.05) is 6.07 Å². The van der Waals surface area contributed by atoms with Crippen LogP contribution in [-0.2, 0) is 0 Å². The minimum Gasteiger partial charge on any atom is -0.494 e. The number of ether oxygens (including phenoxy) is 1. The third kappa shape index (κ3) is 3.64. The maximum Gasteiger partial charge on any atom is 0.228 e. The van der Waals surface area contributed by atoms with Crippen LogP contribution >= 0.6 is 0 Å². The molecule has 1 aliphatic heterocycles. The Bertz CT molecular complexity index is 1240. The first-order valence-electron chi connectivity index (χ1n) is 9.95. The number of fused-ring (bicyclic) bond motifs is 1. The van der Waals surface area contributed by atoms with Crippen LogP contribution in [0.2, 0.25) is 0 Å². The molecular weight excluding hydrogens is 399 g/mol. The SMILES string of the molecule is COc1cc(N2CC[C@@H](O)C2)ccc1Nc1ncc(F)c(-c2cnc3ccccn23)n1. The number of halogens is 1. The van der Waals surface area contributed by atoms with Crippen molar-refractivity contribution in [1.29, 1.82) is 0 Å². The largest absolute Gasteiger partial charge is 0.494 e. The molecule has 8 nitrogen and oxygen atoms in total. The highest BCUT2D eigenvalue weighted by Crippen LogP contribution is 2.33. The van der Waals surface area contributed by atoms with Crippen LogP contribution in [0.3, 0.4) is 0 Å². The minimum atomic E-state index is -0.536. The molecule has 1 atom stereocenters. The average molecular weight is 420 g/mol. The van der Waals surface area contributed by atoms with Crippen LogP contribution in [0.4, 0.5) is 21.7 Å². The van der Waals surface area contributed by atoms with E-state index in [1.807, 2.05) is 42.6 Å². The number of methoxy groups -OCH3 is 1. The molecule has 158 valence electrons. The Balaban J connectivity index is 1.46. The number of pyridine rings is 1. The summed E-state index contributed by atoms with van der Waals surface area (Å²) in [5, 5.41) is 12.9. The van der Waals surface area contributed by atoms with Crippen molar-refractivity contribution in [3.63, 3.8) is 0 Å². The molecule has 0 radical (unpaired) electrons. The number of nitrogens with one attached hydrogen (secondary N) is 1. The Morgan fingerprint density at radius 3 is 2.90 bits per heavy atom. The van der Waals surface area contributed by atoms with Crippen molar-refractivity contribution in [3.8, 4) is 17.1 Å². The molecule has 4 aromatic rings. The van der Waals surface area contributed by atoms with Crippen LogP contribution < -0.4 is 15.0 Å². The Kier molecular flexibility index (Phi) is 4.87. The molecule has 1 fully saturated rings. The Labute approximate surface area is 178 Å². The summed E-state index contributed by atoms with van der Waals surface area (Å²) in [7, 11) is 1.58. The van der Waals surface area contributed by atoms with E-state index in [1.165, 1.54) is 0 Å². The summed E-state index contributed by atoms with van der Waals surface area (Å²) >= 11 is 0. The lowest BCUT2D eigenvalue weighted by Crippen LogP contribution is -2.21. The Morgan fingerprint density at radius 2 is 2.10 bits per heavy atom. The number of nitrogens with zero attached hydrogens (tertiary/aromatic N) is 5. The zero-order valence-electron chi connectivity index (χ0n) is 16.9. The fourth-order valence-corrected chi connectivity index (χ4v) is 3.79.